The highest BCUT2D eigenvalue weighted by molar-refractivity contribution is 6.13. The lowest BCUT2D eigenvalue weighted by Gasteiger charge is -2.14. The van der Waals surface area contributed by atoms with Crippen LogP contribution in [0.4, 0.5) is 0 Å². The molecule has 1 heterocycles. The summed E-state index contributed by atoms with van der Waals surface area (Å²) in [4.78, 5) is 28.3. The third-order valence-corrected chi connectivity index (χ3v) is 4.01. The van der Waals surface area contributed by atoms with Crippen molar-refractivity contribution in [3.8, 4) is 0 Å². The number of hydrogen-bond acceptors (Lipinski definition) is 4. The summed E-state index contributed by atoms with van der Waals surface area (Å²) in [6.45, 7) is 4.16. The van der Waals surface area contributed by atoms with E-state index in [1.54, 1.807) is 12.1 Å². The minimum atomic E-state index is -1.24. The number of ether oxygens (including phenoxy) is 1. The monoisotopic (exact) mass is 341 g/mol. The van der Waals surface area contributed by atoms with Crippen LogP contribution in [0.2, 0.25) is 0 Å². The second-order valence-electron chi connectivity index (χ2n) is 5.79. The fraction of sp³-hybridized carbons (Fsp3) is 0.350. The second-order valence-corrected chi connectivity index (χ2v) is 5.79. The van der Waals surface area contributed by atoms with Crippen molar-refractivity contribution in [1.82, 2.24) is 4.98 Å². The Morgan fingerprint density at radius 2 is 1.80 bits per heavy atom. The van der Waals surface area contributed by atoms with Crippen molar-refractivity contribution in [2.24, 2.45) is 0 Å². The van der Waals surface area contributed by atoms with Crippen molar-refractivity contribution in [2.45, 2.75) is 39.5 Å². The molecule has 5 nitrogen and oxygen atoms in total. The molecule has 0 aliphatic rings. The zero-order valence-electron chi connectivity index (χ0n) is 14.8. The highest BCUT2D eigenvalue weighted by atomic mass is 16.5. The fourth-order valence-corrected chi connectivity index (χ4v) is 2.88. The van der Waals surface area contributed by atoms with E-state index >= 15 is 0 Å². The van der Waals surface area contributed by atoms with E-state index in [-0.39, 0.29) is 11.3 Å². The number of pyridine rings is 1. The first kappa shape index (κ1) is 18.6. The maximum Gasteiger partial charge on any atom is 0.355 e. The third-order valence-electron chi connectivity index (χ3n) is 4.01. The molecule has 1 N–H and O–H groups in total. The van der Waals surface area contributed by atoms with E-state index in [0.717, 1.165) is 36.6 Å². The molecule has 0 fully saturated rings. The van der Waals surface area contributed by atoms with E-state index in [1.165, 1.54) is 7.11 Å². The summed E-state index contributed by atoms with van der Waals surface area (Å²) in [5.74, 6) is -1.93. The number of aromatic nitrogens is 1. The number of carboxylic acids is 1. The number of carbonyl (C=O) groups is 2. The molecule has 0 saturated heterocycles. The van der Waals surface area contributed by atoms with E-state index in [1.807, 2.05) is 12.1 Å². The zero-order chi connectivity index (χ0) is 18.4. The molecule has 0 bridgehead atoms. The summed E-state index contributed by atoms with van der Waals surface area (Å²) in [7, 11) is 1.24. The van der Waals surface area contributed by atoms with Crippen LogP contribution in [0.1, 0.15) is 66.1 Å². The molecular weight excluding hydrogens is 318 g/mol. The van der Waals surface area contributed by atoms with Gasteiger partial charge >= 0.3 is 11.9 Å². The van der Waals surface area contributed by atoms with Gasteiger partial charge in [0.1, 0.15) is 5.56 Å². The molecule has 0 atom stereocenters. The van der Waals surface area contributed by atoms with Crippen LogP contribution in [-0.4, -0.2) is 29.1 Å². The van der Waals surface area contributed by atoms with E-state index in [0.29, 0.717) is 11.1 Å². The van der Waals surface area contributed by atoms with Crippen LogP contribution in [0.5, 0.6) is 0 Å². The average Bonchev–Trinajstić information content (AvgIpc) is 2.63. The van der Waals surface area contributed by atoms with E-state index in [4.69, 9.17) is 4.74 Å². The van der Waals surface area contributed by atoms with E-state index < -0.39 is 11.9 Å². The predicted molar refractivity (Wildman–Crippen MR) is 97.8 cm³/mol. The first-order valence-corrected chi connectivity index (χ1v) is 8.48. The first-order valence-electron chi connectivity index (χ1n) is 8.48. The number of hydrogen-bond donors (Lipinski definition) is 1. The Balaban J connectivity index is 2.86. The van der Waals surface area contributed by atoms with Crippen LogP contribution in [0.3, 0.4) is 0 Å². The summed E-state index contributed by atoms with van der Waals surface area (Å²) < 4.78 is 4.79. The van der Waals surface area contributed by atoms with Crippen molar-refractivity contribution in [1.29, 1.82) is 0 Å². The molecule has 0 unspecified atom stereocenters. The van der Waals surface area contributed by atoms with Gasteiger partial charge in [-0.1, -0.05) is 57.0 Å². The Morgan fingerprint density at radius 3 is 2.36 bits per heavy atom. The Morgan fingerprint density at radius 1 is 1.12 bits per heavy atom. The summed E-state index contributed by atoms with van der Waals surface area (Å²) in [6, 6.07) is 7.24. The maximum atomic E-state index is 12.2. The zero-order valence-corrected chi connectivity index (χ0v) is 14.8. The Labute approximate surface area is 147 Å². The number of aromatic carboxylic acids is 1. The number of rotatable bonds is 7. The summed E-state index contributed by atoms with van der Waals surface area (Å²) in [5.41, 5.74) is 1.38. The number of unbranched alkanes of at least 4 members (excludes halogenated alkanes) is 1. The fourth-order valence-electron chi connectivity index (χ4n) is 2.88. The maximum absolute atomic E-state index is 12.2. The van der Waals surface area contributed by atoms with Gasteiger partial charge in [0.2, 0.25) is 0 Å². The Hall–Kier alpha value is -2.69. The molecule has 0 amide bonds. The number of benzene rings is 1. The molecule has 0 saturated carbocycles. The highest BCUT2D eigenvalue weighted by Crippen LogP contribution is 2.31. The van der Waals surface area contributed by atoms with Crippen molar-refractivity contribution in [3.63, 3.8) is 0 Å². The number of carbonyl (C=O) groups excluding carboxylic acids is 1. The Bertz CT molecular complexity index is 824. The minimum absolute atomic E-state index is 0.000639. The standard InChI is InChI=1S/C20H23NO4/c1-4-6-10-13(9-5-2)17-15-12-8-7-11-14(15)16(20(24)25-3)18(21-17)19(22)23/h7-8,10-12H,4-6,9H2,1-3H3,(H,22,23)/b13-10+. The highest BCUT2D eigenvalue weighted by Gasteiger charge is 2.25. The number of esters is 1. The van der Waals surface area contributed by atoms with Crippen LogP contribution in [-0.2, 0) is 4.74 Å². The molecule has 2 rings (SSSR count). The molecular formula is C20H23NO4. The summed E-state index contributed by atoms with van der Waals surface area (Å²) in [5, 5.41) is 10.9. The van der Waals surface area contributed by atoms with E-state index in [2.05, 4.69) is 24.9 Å². The normalized spacial score (nSPS) is 11.6. The quantitative estimate of drug-likeness (QED) is 0.738. The molecule has 25 heavy (non-hydrogen) atoms. The van der Waals surface area contributed by atoms with Crippen LogP contribution >= 0.6 is 0 Å². The second kappa shape index (κ2) is 8.42. The largest absolute Gasteiger partial charge is 0.476 e. The summed E-state index contributed by atoms with van der Waals surface area (Å²) in [6.07, 6.45) is 5.73. The topological polar surface area (TPSA) is 76.5 Å². The molecule has 0 aliphatic carbocycles. The van der Waals surface area contributed by atoms with Crippen molar-refractivity contribution < 1.29 is 19.4 Å². The molecule has 2 aromatic rings. The molecule has 1 aromatic heterocycles. The van der Waals surface area contributed by atoms with Crippen molar-refractivity contribution >= 4 is 28.3 Å². The molecule has 0 spiro atoms. The third kappa shape index (κ3) is 3.87. The van der Waals surface area contributed by atoms with Crippen LogP contribution in [0.15, 0.2) is 30.3 Å². The average molecular weight is 341 g/mol. The number of allylic oxidation sites excluding steroid dienone is 2. The van der Waals surface area contributed by atoms with Crippen LogP contribution in [0.25, 0.3) is 16.3 Å². The van der Waals surface area contributed by atoms with E-state index in [9.17, 15) is 14.7 Å². The first-order chi connectivity index (χ1) is 12.0. The minimum Gasteiger partial charge on any atom is -0.476 e. The lowest BCUT2D eigenvalue weighted by molar-refractivity contribution is 0.0582. The van der Waals surface area contributed by atoms with Gasteiger partial charge in [-0.05, 0) is 18.4 Å². The van der Waals surface area contributed by atoms with Gasteiger partial charge in [0, 0.05) is 10.8 Å². The van der Waals surface area contributed by atoms with Gasteiger partial charge in [-0.3, -0.25) is 0 Å². The Kier molecular flexibility index (Phi) is 6.28. The molecule has 0 radical (unpaired) electrons. The lowest BCUT2D eigenvalue weighted by Crippen LogP contribution is -2.15. The lowest BCUT2D eigenvalue weighted by atomic mass is 9.95. The number of nitrogens with zero attached hydrogens (tertiary/aromatic N) is 1. The summed E-state index contributed by atoms with van der Waals surface area (Å²) >= 11 is 0. The molecule has 5 heteroatoms. The number of methoxy groups -OCH3 is 1. The van der Waals surface area contributed by atoms with Gasteiger partial charge in [0.05, 0.1) is 12.8 Å². The molecule has 0 aliphatic heterocycles. The van der Waals surface area contributed by atoms with Crippen LogP contribution in [0, 0.1) is 0 Å². The molecule has 1 aromatic carbocycles. The van der Waals surface area contributed by atoms with Crippen molar-refractivity contribution in [3.05, 3.63) is 47.3 Å². The van der Waals surface area contributed by atoms with Gasteiger partial charge in [-0.15, -0.1) is 0 Å². The van der Waals surface area contributed by atoms with Gasteiger partial charge in [0.15, 0.2) is 5.69 Å². The van der Waals surface area contributed by atoms with Gasteiger partial charge in [0.25, 0.3) is 0 Å². The SMILES string of the molecule is CCC/C=C(\CCC)c1nc(C(=O)O)c(C(=O)OC)c2ccccc12. The van der Waals surface area contributed by atoms with Gasteiger partial charge in [-0.25, -0.2) is 14.6 Å². The van der Waals surface area contributed by atoms with Gasteiger partial charge < -0.3 is 9.84 Å². The van der Waals surface area contributed by atoms with Gasteiger partial charge in [-0.2, -0.15) is 0 Å². The number of fused-ring (bicyclic) bond motifs is 1. The van der Waals surface area contributed by atoms with Crippen LogP contribution < -0.4 is 0 Å². The molecule has 132 valence electrons. The predicted octanol–water partition coefficient (Wildman–Crippen LogP) is 4.70. The smallest absolute Gasteiger partial charge is 0.355 e. The van der Waals surface area contributed by atoms with Crippen molar-refractivity contribution in [2.75, 3.05) is 7.11 Å². The number of carboxylic acid groups (broad SMARTS) is 1.